The average molecular weight is 439 g/mol. The molecule has 0 fully saturated rings. The fraction of sp³-hybridized carbons (Fsp3) is 0.130. The van der Waals surface area contributed by atoms with Crippen LogP contribution in [0.25, 0.3) is 0 Å². The number of hydrazone groups is 1. The molecule has 0 heterocycles. The molecular formula is C23H22N2O5S. The van der Waals surface area contributed by atoms with Gasteiger partial charge in [-0.2, -0.15) is 13.5 Å². The number of nitrogens with one attached hydrogen (secondary N) is 1. The maximum absolute atomic E-state index is 12.2. The zero-order chi connectivity index (χ0) is 22.3. The second-order valence-corrected chi connectivity index (χ2v) is 8.24. The molecule has 3 aromatic carbocycles. The van der Waals surface area contributed by atoms with Crippen LogP contribution in [0.5, 0.6) is 11.5 Å². The summed E-state index contributed by atoms with van der Waals surface area (Å²) in [5, 5.41) is 3.79. The van der Waals surface area contributed by atoms with Gasteiger partial charge in [0.15, 0.2) is 0 Å². The topological polar surface area (TPSA) is 94.1 Å². The molecule has 0 unspecified atom stereocenters. The maximum atomic E-state index is 12.2. The first-order valence-electron chi connectivity index (χ1n) is 9.54. The Morgan fingerprint density at radius 2 is 1.55 bits per heavy atom. The van der Waals surface area contributed by atoms with E-state index in [4.69, 9.17) is 9.47 Å². The van der Waals surface area contributed by atoms with Crippen molar-refractivity contribution < 1.29 is 22.7 Å². The van der Waals surface area contributed by atoms with Crippen molar-refractivity contribution in [3.63, 3.8) is 0 Å². The van der Waals surface area contributed by atoms with Crippen LogP contribution in [0.2, 0.25) is 0 Å². The molecule has 0 spiro atoms. The highest BCUT2D eigenvalue weighted by atomic mass is 32.2. The fourth-order valence-corrected chi connectivity index (χ4v) is 3.37. The number of aryl methyl sites for hydroxylation is 1. The molecule has 0 aliphatic rings. The first-order valence-corrected chi connectivity index (χ1v) is 11.0. The smallest absolute Gasteiger partial charge is 0.343 e. The van der Waals surface area contributed by atoms with Crippen LogP contribution < -0.4 is 14.3 Å². The Bertz CT molecular complexity index is 1150. The minimum Gasteiger partial charge on any atom is -0.494 e. The Kier molecular flexibility index (Phi) is 7.04. The molecule has 0 bridgehead atoms. The lowest BCUT2D eigenvalue weighted by molar-refractivity contribution is 0.0734. The van der Waals surface area contributed by atoms with Gasteiger partial charge in [-0.3, -0.25) is 0 Å². The lowest BCUT2D eigenvalue weighted by Crippen LogP contribution is -2.18. The van der Waals surface area contributed by atoms with Gasteiger partial charge in [0.2, 0.25) is 0 Å². The number of rotatable bonds is 8. The van der Waals surface area contributed by atoms with Crippen molar-refractivity contribution in [1.82, 2.24) is 4.83 Å². The summed E-state index contributed by atoms with van der Waals surface area (Å²) in [6, 6.07) is 19.6. The summed E-state index contributed by atoms with van der Waals surface area (Å²) in [7, 11) is -3.73. The van der Waals surface area contributed by atoms with E-state index in [-0.39, 0.29) is 4.90 Å². The number of sulfonamides is 1. The number of esters is 1. The van der Waals surface area contributed by atoms with Crippen LogP contribution >= 0.6 is 0 Å². The van der Waals surface area contributed by atoms with E-state index in [0.29, 0.717) is 29.2 Å². The molecule has 8 heteroatoms. The SMILES string of the molecule is CCOc1ccc(C(=O)Oc2ccc(C=NNS(=O)(=O)c3ccc(C)cc3)cc2)cc1. The Hall–Kier alpha value is -3.65. The van der Waals surface area contributed by atoms with Gasteiger partial charge in [-0.05, 0) is 80.1 Å². The molecule has 0 saturated heterocycles. The highest BCUT2D eigenvalue weighted by Gasteiger charge is 2.12. The molecule has 3 rings (SSSR count). The predicted molar refractivity (Wildman–Crippen MR) is 118 cm³/mol. The molecule has 0 aliphatic heterocycles. The number of benzene rings is 3. The third-order valence-corrected chi connectivity index (χ3v) is 5.45. The number of hydrogen-bond acceptors (Lipinski definition) is 6. The van der Waals surface area contributed by atoms with Crippen LogP contribution in [0.4, 0.5) is 0 Å². The van der Waals surface area contributed by atoms with Crippen molar-refractivity contribution in [2.45, 2.75) is 18.7 Å². The van der Waals surface area contributed by atoms with Gasteiger partial charge in [-0.15, -0.1) is 0 Å². The van der Waals surface area contributed by atoms with E-state index in [0.717, 1.165) is 5.56 Å². The Balaban J connectivity index is 1.58. The van der Waals surface area contributed by atoms with Crippen molar-refractivity contribution in [3.8, 4) is 11.5 Å². The highest BCUT2D eigenvalue weighted by Crippen LogP contribution is 2.16. The predicted octanol–water partition coefficient (Wildman–Crippen LogP) is 3.93. The van der Waals surface area contributed by atoms with E-state index in [1.54, 1.807) is 60.7 Å². The van der Waals surface area contributed by atoms with Crippen molar-refractivity contribution in [2.75, 3.05) is 6.61 Å². The minimum atomic E-state index is -3.73. The van der Waals surface area contributed by atoms with Gasteiger partial charge < -0.3 is 9.47 Å². The van der Waals surface area contributed by atoms with Crippen LogP contribution in [0.15, 0.2) is 82.8 Å². The summed E-state index contributed by atoms with van der Waals surface area (Å²) in [5.74, 6) is 0.548. The molecule has 0 aliphatic carbocycles. The van der Waals surface area contributed by atoms with Crippen LogP contribution in [0.3, 0.4) is 0 Å². The summed E-state index contributed by atoms with van der Waals surface area (Å²) in [4.78, 5) is 14.5. The lowest BCUT2D eigenvalue weighted by atomic mass is 10.2. The molecule has 3 aromatic rings. The summed E-state index contributed by atoms with van der Waals surface area (Å²) in [5.41, 5.74) is 2.00. The standard InChI is InChI=1S/C23H22N2O5S/c1-3-29-20-12-8-19(9-13-20)23(26)30-21-10-6-18(7-11-21)16-24-25-31(27,28)22-14-4-17(2)5-15-22/h4-16,25H,3H2,1-2H3. The summed E-state index contributed by atoms with van der Waals surface area (Å²) in [6.45, 7) is 4.31. The zero-order valence-corrected chi connectivity index (χ0v) is 17.9. The monoisotopic (exact) mass is 438 g/mol. The molecule has 0 saturated carbocycles. The third kappa shape index (κ3) is 6.16. The van der Waals surface area contributed by atoms with Crippen LogP contribution in [-0.2, 0) is 10.0 Å². The molecular weight excluding hydrogens is 416 g/mol. The van der Waals surface area contributed by atoms with Crippen LogP contribution in [0.1, 0.15) is 28.4 Å². The Labute approximate surface area is 181 Å². The Morgan fingerprint density at radius 1 is 0.935 bits per heavy atom. The van der Waals surface area contributed by atoms with Gasteiger partial charge in [-0.25, -0.2) is 9.63 Å². The van der Waals surface area contributed by atoms with E-state index in [2.05, 4.69) is 9.93 Å². The molecule has 0 amide bonds. The second-order valence-electron chi connectivity index (χ2n) is 6.58. The lowest BCUT2D eigenvalue weighted by Gasteiger charge is -2.06. The summed E-state index contributed by atoms with van der Waals surface area (Å²) in [6.07, 6.45) is 1.36. The quantitative estimate of drug-likeness (QED) is 0.249. The van der Waals surface area contributed by atoms with Crippen molar-refractivity contribution in [3.05, 3.63) is 89.5 Å². The number of carbonyl (C=O) groups is 1. The van der Waals surface area contributed by atoms with Crippen molar-refractivity contribution >= 4 is 22.2 Å². The van der Waals surface area contributed by atoms with E-state index < -0.39 is 16.0 Å². The van der Waals surface area contributed by atoms with E-state index in [1.165, 1.54) is 18.3 Å². The maximum Gasteiger partial charge on any atom is 0.343 e. The van der Waals surface area contributed by atoms with Crippen LogP contribution in [-0.4, -0.2) is 27.2 Å². The molecule has 0 aromatic heterocycles. The van der Waals surface area contributed by atoms with E-state index >= 15 is 0 Å². The second kappa shape index (κ2) is 9.90. The van der Waals surface area contributed by atoms with Gasteiger partial charge in [0.05, 0.1) is 23.3 Å². The third-order valence-electron chi connectivity index (χ3n) is 4.21. The number of nitrogens with zero attached hydrogens (tertiary/aromatic N) is 1. The van der Waals surface area contributed by atoms with Gasteiger partial charge in [0.1, 0.15) is 11.5 Å². The van der Waals surface area contributed by atoms with E-state index in [1.807, 2.05) is 13.8 Å². The normalized spacial score (nSPS) is 11.3. The highest BCUT2D eigenvalue weighted by molar-refractivity contribution is 7.89. The Morgan fingerprint density at radius 3 is 2.16 bits per heavy atom. The average Bonchev–Trinajstić information content (AvgIpc) is 2.76. The molecule has 1 N–H and O–H groups in total. The number of carbonyl (C=O) groups excluding carboxylic acids is 1. The van der Waals surface area contributed by atoms with Gasteiger partial charge in [0.25, 0.3) is 10.0 Å². The fourth-order valence-electron chi connectivity index (χ4n) is 2.58. The molecule has 0 radical (unpaired) electrons. The largest absolute Gasteiger partial charge is 0.494 e. The zero-order valence-electron chi connectivity index (χ0n) is 17.1. The number of ether oxygens (including phenoxy) is 2. The molecule has 31 heavy (non-hydrogen) atoms. The van der Waals surface area contributed by atoms with Crippen LogP contribution in [0, 0.1) is 6.92 Å². The molecule has 160 valence electrons. The first-order chi connectivity index (χ1) is 14.9. The first kappa shape index (κ1) is 22.0. The van der Waals surface area contributed by atoms with Gasteiger partial charge in [-0.1, -0.05) is 17.7 Å². The number of hydrogen-bond donors (Lipinski definition) is 1. The van der Waals surface area contributed by atoms with Crippen molar-refractivity contribution in [1.29, 1.82) is 0 Å². The van der Waals surface area contributed by atoms with E-state index in [9.17, 15) is 13.2 Å². The summed E-state index contributed by atoms with van der Waals surface area (Å²) < 4.78 is 35.1. The summed E-state index contributed by atoms with van der Waals surface area (Å²) >= 11 is 0. The van der Waals surface area contributed by atoms with Gasteiger partial charge in [0, 0.05) is 0 Å². The van der Waals surface area contributed by atoms with Crippen molar-refractivity contribution in [2.24, 2.45) is 5.10 Å². The van der Waals surface area contributed by atoms with Gasteiger partial charge >= 0.3 is 5.97 Å². The molecule has 7 nitrogen and oxygen atoms in total. The molecule has 0 atom stereocenters. The minimum absolute atomic E-state index is 0.131.